The van der Waals surface area contributed by atoms with Crippen molar-refractivity contribution in [1.82, 2.24) is 10.2 Å². The normalized spacial score (nSPS) is 19.3. The van der Waals surface area contributed by atoms with Crippen LogP contribution in [0.15, 0.2) is 0 Å². The highest BCUT2D eigenvalue weighted by atomic mass is 16.4. The molecular formula is C16H28N2O4. The fourth-order valence-corrected chi connectivity index (χ4v) is 2.62. The summed E-state index contributed by atoms with van der Waals surface area (Å²) in [6.45, 7) is 6.11. The van der Waals surface area contributed by atoms with Crippen molar-refractivity contribution in [1.29, 1.82) is 0 Å². The van der Waals surface area contributed by atoms with Gasteiger partial charge in [-0.1, -0.05) is 26.7 Å². The molecule has 1 aliphatic rings. The highest BCUT2D eigenvalue weighted by Crippen LogP contribution is 2.21. The van der Waals surface area contributed by atoms with E-state index in [1.54, 1.807) is 11.8 Å². The van der Waals surface area contributed by atoms with Gasteiger partial charge in [-0.05, 0) is 25.7 Å². The van der Waals surface area contributed by atoms with E-state index < -0.39 is 11.5 Å². The number of nitrogens with one attached hydrogen (secondary N) is 1. The maximum absolute atomic E-state index is 12.3. The van der Waals surface area contributed by atoms with E-state index in [9.17, 15) is 14.4 Å². The third-order valence-corrected chi connectivity index (χ3v) is 4.47. The van der Waals surface area contributed by atoms with Crippen LogP contribution < -0.4 is 5.32 Å². The molecule has 2 amide bonds. The van der Waals surface area contributed by atoms with Crippen molar-refractivity contribution >= 4 is 17.8 Å². The lowest BCUT2D eigenvalue weighted by Gasteiger charge is -2.34. The Hall–Kier alpha value is -1.59. The number of carbonyl (C=O) groups excluding carboxylic acids is 2. The van der Waals surface area contributed by atoms with Crippen molar-refractivity contribution in [2.24, 2.45) is 5.92 Å². The molecular weight excluding hydrogens is 284 g/mol. The van der Waals surface area contributed by atoms with Gasteiger partial charge in [0, 0.05) is 13.0 Å². The molecule has 2 N–H and O–H groups in total. The van der Waals surface area contributed by atoms with Gasteiger partial charge in [-0.15, -0.1) is 0 Å². The number of hydrogen-bond acceptors (Lipinski definition) is 3. The van der Waals surface area contributed by atoms with Gasteiger partial charge in [-0.25, -0.2) is 0 Å². The van der Waals surface area contributed by atoms with Gasteiger partial charge in [0.1, 0.15) is 0 Å². The molecule has 6 nitrogen and oxygen atoms in total. The third-order valence-electron chi connectivity index (χ3n) is 4.47. The summed E-state index contributed by atoms with van der Waals surface area (Å²) >= 11 is 0. The Morgan fingerprint density at radius 3 is 2.50 bits per heavy atom. The van der Waals surface area contributed by atoms with Gasteiger partial charge >= 0.3 is 5.97 Å². The van der Waals surface area contributed by atoms with E-state index >= 15 is 0 Å². The predicted molar refractivity (Wildman–Crippen MR) is 83.3 cm³/mol. The number of hydrogen-bond donors (Lipinski definition) is 2. The summed E-state index contributed by atoms with van der Waals surface area (Å²) in [4.78, 5) is 36.9. The highest BCUT2D eigenvalue weighted by Gasteiger charge is 2.33. The first-order chi connectivity index (χ1) is 10.2. The first kappa shape index (κ1) is 18.5. The molecule has 0 saturated carbocycles. The molecule has 0 radical (unpaired) electrons. The van der Waals surface area contributed by atoms with Crippen molar-refractivity contribution in [3.8, 4) is 0 Å². The fourth-order valence-electron chi connectivity index (χ4n) is 2.62. The van der Waals surface area contributed by atoms with Gasteiger partial charge in [-0.2, -0.15) is 0 Å². The summed E-state index contributed by atoms with van der Waals surface area (Å²) in [6, 6.07) is 0. The Bertz CT molecular complexity index is 422. The second kappa shape index (κ2) is 8.15. The summed E-state index contributed by atoms with van der Waals surface area (Å²) in [5.41, 5.74) is -0.811. The molecule has 0 aliphatic carbocycles. The predicted octanol–water partition coefficient (Wildman–Crippen LogP) is 1.78. The van der Waals surface area contributed by atoms with E-state index in [4.69, 9.17) is 5.11 Å². The first-order valence-corrected chi connectivity index (χ1v) is 8.05. The van der Waals surface area contributed by atoms with Gasteiger partial charge in [0.05, 0.1) is 18.5 Å². The first-order valence-electron chi connectivity index (χ1n) is 8.05. The molecule has 1 atom stereocenters. The lowest BCUT2D eigenvalue weighted by molar-refractivity contribution is -0.141. The third kappa shape index (κ3) is 5.66. The van der Waals surface area contributed by atoms with Crippen LogP contribution in [0.2, 0.25) is 0 Å². The Balaban J connectivity index is 2.65. The molecule has 126 valence electrons. The molecule has 1 heterocycles. The van der Waals surface area contributed by atoms with E-state index in [1.165, 1.54) is 0 Å². The molecule has 1 aliphatic heterocycles. The number of carbonyl (C=O) groups is 3. The fraction of sp³-hybridized carbons (Fsp3) is 0.812. The zero-order chi connectivity index (χ0) is 16.8. The maximum Gasteiger partial charge on any atom is 0.305 e. The Morgan fingerprint density at radius 2 is 1.91 bits per heavy atom. The Labute approximate surface area is 132 Å². The summed E-state index contributed by atoms with van der Waals surface area (Å²) in [6.07, 6.45) is 4.29. The van der Waals surface area contributed by atoms with Gasteiger partial charge in [-0.3, -0.25) is 14.4 Å². The van der Waals surface area contributed by atoms with Crippen LogP contribution in [-0.4, -0.2) is 46.4 Å². The number of carboxylic acids is 1. The van der Waals surface area contributed by atoms with Crippen LogP contribution >= 0.6 is 0 Å². The smallest absolute Gasteiger partial charge is 0.305 e. The van der Waals surface area contributed by atoms with E-state index in [1.807, 2.05) is 13.8 Å². The number of carboxylic acid groups (broad SMARTS) is 1. The number of aliphatic carboxylic acids is 1. The monoisotopic (exact) mass is 312 g/mol. The lowest BCUT2D eigenvalue weighted by atomic mass is 9.85. The van der Waals surface area contributed by atoms with Crippen LogP contribution in [0.3, 0.4) is 0 Å². The number of amides is 2. The molecule has 6 heteroatoms. The van der Waals surface area contributed by atoms with E-state index in [0.29, 0.717) is 13.0 Å². The van der Waals surface area contributed by atoms with Crippen molar-refractivity contribution in [3.63, 3.8) is 0 Å². The molecule has 1 fully saturated rings. The van der Waals surface area contributed by atoms with Crippen LogP contribution in [0.5, 0.6) is 0 Å². The molecule has 1 saturated heterocycles. The largest absolute Gasteiger partial charge is 0.481 e. The highest BCUT2D eigenvalue weighted by molar-refractivity contribution is 5.85. The topological polar surface area (TPSA) is 86.7 Å². The summed E-state index contributed by atoms with van der Waals surface area (Å²) in [5.74, 6) is -1.24. The Kier molecular flexibility index (Phi) is 6.84. The van der Waals surface area contributed by atoms with E-state index in [0.717, 1.165) is 25.7 Å². The van der Waals surface area contributed by atoms with Gasteiger partial charge in [0.15, 0.2) is 0 Å². The molecule has 1 unspecified atom stereocenters. The Morgan fingerprint density at radius 1 is 1.27 bits per heavy atom. The molecule has 0 bridgehead atoms. The van der Waals surface area contributed by atoms with E-state index in [2.05, 4.69) is 5.32 Å². The average Bonchev–Trinajstić information content (AvgIpc) is 2.37. The maximum atomic E-state index is 12.3. The number of rotatable bonds is 6. The summed E-state index contributed by atoms with van der Waals surface area (Å²) in [7, 11) is 0. The number of likely N-dealkylation sites (tertiary alicyclic amines) is 1. The van der Waals surface area contributed by atoms with Crippen molar-refractivity contribution < 1.29 is 19.5 Å². The van der Waals surface area contributed by atoms with Crippen molar-refractivity contribution in [2.45, 2.75) is 64.8 Å². The zero-order valence-electron chi connectivity index (χ0n) is 13.9. The van der Waals surface area contributed by atoms with E-state index in [-0.39, 0.29) is 30.7 Å². The van der Waals surface area contributed by atoms with Crippen LogP contribution in [0.4, 0.5) is 0 Å². The second-order valence-corrected chi connectivity index (χ2v) is 6.67. The van der Waals surface area contributed by atoms with Gasteiger partial charge in [0.25, 0.3) is 0 Å². The minimum absolute atomic E-state index is 0.0133. The average molecular weight is 312 g/mol. The molecule has 0 aromatic carbocycles. The van der Waals surface area contributed by atoms with Gasteiger partial charge in [0.2, 0.25) is 11.8 Å². The SMILES string of the molecule is CC(C)C(C)(CC(=O)O)NC(=O)CN1CCCCCCC1=O. The molecule has 1 rings (SSSR count). The summed E-state index contributed by atoms with van der Waals surface area (Å²) < 4.78 is 0. The molecule has 0 spiro atoms. The minimum atomic E-state index is -0.946. The van der Waals surface area contributed by atoms with Crippen LogP contribution in [0.1, 0.15) is 59.3 Å². The standard InChI is InChI=1S/C16H28N2O4/c1-12(2)16(3,10-15(21)22)17-13(19)11-18-9-7-5-4-6-8-14(18)20/h12H,4-11H2,1-3H3,(H,17,19)(H,21,22). The van der Waals surface area contributed by atoms with Crippen molar-refractivity contribution in [2.75, 3.05) is 13.1 Å². The van der Waals surface area contributed by atoms with Crippen molar-refractivity contribution in [3.05, 3.63) is 0 Å². The summed E-state index contributed by atoms with van der Waals surface area (Å²) in [5, 5.41) is 11.8. The quantitative estimate of drug-likeness (QED) is 0.783. The van der Waals surface area contributed by atoms with Crippen LogP contribution in [0, 0.1) is 5.92 Å². The minimum Gasteiger partial charge on any atom is -0.481 e. The lowest BCUT2D eigenvalue weighted by Crippen LogP contribution is -2.54. The second-order valence-electron chi connectivity index (χ2n) is 6.67. The zero-order valence-corrected chi connectivity index (χ0v) is 13.9. The van der Waals surface area contributed by atoms with Crippen LogP contribution in [0.25, 0.3) is 0 Å². The molecule has 22 heavy (non-hydrogen) atoms. The van der Waals surface area contributed by atoms with Crippen LogP contribution in [-0.2, 0) is 14.4 Å². The number of nitrogens with zero attached hydrogens (tertiary/aromatic N) is 1. The molecule has 0 aromatic heterocycles. The van der Waals surface area contributed by atoms with Gasteiger partial charge < -0.3 is 15.3 Å². The molecule has 0 aromatic rings.